The Morgan fingerprint density at radius 3 is 2.56 bits per heavy atom. The minimum Gasteiger partial charge on any atom is -0.370 e. The van der Waals surface area contributed by atoms with Crippen LogP contribution in [0.3, 0.4) is 0 Å². The van der Waals surface area contributed by atoms with Crippen molar-refractivity contribution in [3.05, 3.63) is 24.5 Å². The molecule has 0 amide bonds. The minimum absolute atomic E-state index is 0.813. The summed E-state index contributed by atoms with van der Waals surface area (Å²) in [7, 11) is 0. The molecule has 1 N–H and O–H groups in total. The molecule has 0 spiro atoms. The number of nitrogens with one attached hydrogen (secondary N) is 1. The maximum absolute atomic E-state index is 4.23. The Morgan fingerprint density at radius 2 is 1.94 bits per heavy atom. The fourth-order valence-electron chi connectivity index (χ4n) is 2.93. The molecule has 1 aromatic rings. The molecule has 3 rings (SSSR count). The van der Waals surface area contributed by atoms with E-state index >= 15 is 0 Å². The predicted octanol–water partition coefficient (Wildman–Crippen LogP) is 1.52. The first-order valence-corrected chi connectivity index (χ1v) is 6.27. The number of rotatable bonds is 1. The Bertz CT molecular complexity index is 324. The molecule has 0 saturated carbocycles. The Labute approximate surface area is 96.9 Å². The van der Waals surface area contributed by atoms with Crippen LogP contribution in [0.2, 0.25) is 0 Å². The van der Waals surface area contributed by atoms with Gasteiger partial charge in [0.15, 0.2) is 0 Å². The lowest BCUT2D eigenvalue weighted by Gasteiger charge is -2.30. The summed E-state index contributed by atoms with van der Waals surface area (Å²) in [6, 6.07) is 4.22. The zero-order valence-electron chi connectivity index (χ0n) is 9.60. The van der Waals surface area contributed by atoms with Gasteiger partial charge in [0.25, 0.3) is 0 Å². The largest absolute Gasteiger partial charge is 0.370 e. The molecule has 2 unspecified atom stereocenters. The highest BCUT2D eigenvalue weighted by Gasteiger charge is 2.27. The maximum Gasteiger partial charge on any atom is 0.0552 e. The summed E-state index contributed by atoms with van der Waals surface area (Å²) in [5.41, 5.74) is 1.29. The third kappa shape index (κ3) is 2.05. The number of hydrogen-bond donors (Lipinski definition) is 1. The zero-order valence-corrected chi connectivity index (χ0v) is 9.60. The summed E-state index contributed by atoms with van der Waals surface area (Å²) < 4.78 is 0. The maximum atomic E-state index is 4.23. The highest BCUT2D eigenvalue weighted by molar-refractivity contribution is 5.44. The fourth-order valence-corrected chi connectivity index (χ4v) is 2.93. The van der Waals surface area contributed by atoms with E-state index in [0.29, 0.717) is 0 Å². The van der Waals surface area contributed by atoms with Gasteiger partial charge in [-0.25, -0.2) is 0 Å². The van der Waals surface area contributed by atoms with Crippen molar-refractivity contribution in [3.63, 3.8) is 0 Å². The van der Waals surface area contributed by atoms with Crippen molar-refractivity contribution in [3.8, 4) is 0 Å². The van der Waals surface area contributed by atoms with E-state index in [2.05, 4.69) is 21.3 Å². The van der Waals surface area contributed by atoms with E-state index in [1.807, 2.05) is 18.5 Å². The second kappa shape index (κ2) is 4.42. The molecule has 2 bridgehead atoms. The van der Waals surface area contributed by atoms with Gasteiger partial charge in [-0.15, -0.1) is 0 Å². The van der Waals surface area contributed by atoms with Crippen LogP contribution in [0, 0.1) is 11.8 Å². The van der Waals surface area contributed by atoms with Gasteiger partial charge >= 0.3 is 0 Å². The van der Waals surface area contributed by atoms with Crippen molar-refractivity contribution in [1.82, 2.24) is 10.3 Å². The molecule has 16 heavy (non-hydrogen) atoms. The highest BCUT2D eigenvalue weighted by atomic mass is 15.2. The Hall–Kier alpha value is -1.09. The first-order valence-electron chi connectivity index (χ1n) is 6.27. The summed E-state index contributed by atoms with van der Waals surface area (Å²) in [5.74, 6) is 1.63. The molecule has 3 heteroatoms. The van der Waals surface area contributed by atoms with Crippen LogP contribution >= 0.6 is 0 Å². The molecular formula is C13H19N3. The molecular weight excluding hydrogens is 198 g/mol. The SMILES string of the molecule is c1cncc(N2CC3CCC(CNC3)C2)c1. The lowest BCUT2D eigenvalue weighted by atomic mass is 10.0. The number of fused-ring (bicyclic) bond motifs is 3. The minimum atomic E-state index is 0.813. The third-order valence-electron chi connectivity index (χ3n) is 3.82. The molecule has 2 aliphatic rings. The zero-order chi connectivity index (χ0) is 10.8. The van der Waals surface area contributed by atoms with Crippen molar-refractivity contribution in [2.45, 2.75) is 12.8 Å². The van der Waals surface area contributed by atoms with Gasteiger partial charge in [-0.05, 0) is 49.9 Å². The van der Waals surface area contributed by atoms with Crippen LogP contribution in [0.5, 0.6) is 0 Å². The van der Waals surface area contributed by atoms with Gasteiger partial charge in [0.05, 0.1) is 11.9 Å². The van der Waals surface area contributed by atoms with Crippen molar-refractivity contribution in [2.75, 3.05) is 31.1 Å². The molecule has 2 fully saturated rings. The van der Waals surface area contributed by atoms with Crippen LogP contribution in [0.1, 0.15) is 12.8 Å². The van der Waals surface area contributed by atoms with E-state index in [4.69, 9.17) is 0 Å². The lowest BCUT2D eigenvalue weighted by Crippen LogP contribution is -2.40. The molecule has 3 heterocycles. The summed E-state index contributed by atoms with van der Waals surface area (Å²) in [6.07, 6.45) is 6.61. The Kier molecular flexibility index (Phi) is 2.79. The van der Waals surface area contributed by atoms with Gasteiger partial charge in [0, 0.05) is 19.3 Å². The number of hydrogen-bond acceptors (Lipinski definition) is 3. The van der Waals surface area contributed by atoms with E-state index in [0.717, 1.165) is 11.8 Å². The van der Waals surface area contributed by atoms with Crippen LogP contribution in [0.25, 0.3) is 0 Å². The summed E-state index contributed by atoms with van der Waals surface area (Å²) in [5, 5.41) is 3.58. The molecule has 0 aromatic carbocycles. The number of pyridine rings is 1. The van der Waals surface area contributed by atoms with Gasteiger partial charge in [-0.3, -0.25) is 4.98 Å². The summed E-state index contributed by atoms with van der Waals surface area (Å²) in [4.78, 5) is 6.75. The topological polar surface area (TPSA) is 28.2 Å². The van der Waals surface area contributed by atoms with Crippen LogP contribution in [-0.2, 0) is 0 Å². The molecule has 3 nitrogen and oxygen atoms in total. The van der Waals surface area contributed by atoms with Crippen LogP contribution in [0.4, 0.5) is 5.69 Å². The normalized spacial score (nSPS) is 29.9. The third-order valence-corrected chi connectivity index (χ3v) is 3.82. The highest BCUT2D eigenvalue weighted by Crippen LogP contribution is 2.26. The quantitative estimate of drug-likeness (QED) is 0.773. The number of nitrogens with zero attached hydrogens (tertiary/aromatic N) is 2. The number of anilines is 1. The average Bonchev–Trinajstić information content (AvgIpc) is 2.63. The van der Waals surface area contributed by atoms with Crippen molar-refractivity contribution in [1.29, 1.82) is 0 Å². The number of aromatic nitrogens is 1. The van der Waals surface area contributed by atoms with Gasteiger partial charge < -0.3 is 10.2 Å². The van der Waals surface area contributed by atoms with E-state index in [1.54, 1.807) is 0 Å². The van der Waals surface area contributed by atoms with E-state index in [1.165, 1.54) is 44.7 Å². The van der Waals surface area contributed by atoms with E-state index < -0.39 is 0 Å². The monoisotopic (exact) mass is 217 g/mol. The summed E-state index contributed by atoms with van der Waals surface area (Å²) in [6.45, 7) is 4.75. The smallest absolute Gasteiger partial charge is 0.0552 e. The molecule has 2 atom stereocenters. The Balaban J connectivity index is 1.81. The standard InChI is InChI=1S/C13H19N3/c1-2-13(8-14-5-1)16-9-11-3-4-12(10-16)7-15-6-11/h1-2,5,8,11-12,15H,3-4,6-7,9-10H2. The molecule has 2 saturated heterocycles. The molecule has 86 valence electrons. The first-order chi connectivity index (χ1) is 7.92. The molecule has 0 aliphatic carbocycles. The van der Waals surface area contributed by atoms with Gasteiger partial charge in [-0.1, -0.05) is 0 Å². The Morgan fingerprint density at radius 1 is 1.19 bits per heavy atom. The molecule has 0 radical (unpaired) electrons. The fraction of sp³-hybridized carbons (Fsp3) is 0.615. The van der Waals surface area contributed by atoms with Gasteiger partial charge in [0.1, 0.15) is 0 Å². The van der Waals surface area contributed by atoms with E-state index in [9.17, 15) is 0 Å². The van der Waals surface area contributed by atoms with Crippen molar-refractivity contribution in [2.24, 2.45) is 11.8 Å². The van der Waals surface area contributed by atoms with Crippen LogP contribution in [0.15, 0.2) is 24.5 Å². The predicted molar refractivity (Wildman–Crippen MR) is 65.5 cm³/mol. The first kappa shape index (κ1) is 10.1. The summed E-state index contributed by atoms with van der Waals surface area (Å²) >= 11 is 0. The van der Waals surface area contributed by atoms with Gasteiger partial charge in [0.2, 0.25) is 0 Å². The van der Waals surface area contributed by atoms with E-state index in [-0.39, 0.29) is 0 Å². The van der Waals surface area contributed by atoms with Crippen LogP contribution in [-0.4, -0.2) is 31.2 Å². The lowest BCUT2D eigenvalue weighted by molar-refractivity contribution is 0.459. The molecule has 1 aromatic heterocycles. The van der Waals surface area contributed by atoms with Gasteiger partial charge in [-0.2, -0.15) is 0 Å². The molecule has 2 aliphatic heterocycles. The van der Waals surface area contributed by atoms with Crippen molar-refractivity contribution >= 4 is 5.69 Å². The van der Waals surface area contributed by atoms with Crippen molar-refractivity contribution < 1.29 is 0 Å². The second-order valence-electron chi connectivity index (χ2n) is 5.08. The average molecular weight is 217 g/mol. The van der Waals surface area contributed by atoms with Crippen LogP contribution < -0.4 is 10.2 Å². The second-order valence-corrected chi connectivity index (χ2v) is 5.08.